The molecule has 1 aromatic carbocycles. The quantitative estimate of drug-likeness (QED) is 0.647. The van der Waals surface area contributed by atoms with Crippen molar-refractivity contribution < 1.29 is 4.39 Å². The van der Waals surface area contributed by atoms with E-state index in [1.807, 2.05) is 26.0 Å². The van der Waals surface area contributed by atoms with Gasteiger partial charge in [-0.15, -0.1) is 0 Å². The Morgan fingerprint density at radius 2 is 1.86 bits per heavy atom. The van der Waals surface area contributed by atoms with Crippen LogP contribution in [-0.4, -0.2) is 43.5 Å². The van der Waals surface area contributed by atoms with E-state index in [0.717, 1.165) is 39.1 Å². The molecule has 0 unspecified atom stereocenters. The number of hydrogen-bond acceptors (Lipinski definition) is 3. The predicted molar refractivity (Wildman–Crippen MR) is 85.4 cm³/mol. The van der Waals surface area contributed by atoms with Crippen LogP contribution >= 0.6 is 0 Å². The van der Waals surface area contributed by atoms with Crippen molar-refractivity contribution in [2.45, 2.75) is 20.3 Å². The molecule has 0 bridgehead atoms. The summed E-state index contributed by atoms with van der Waals surface area (Å²) in [4.78, 5) is 4.46. The fourth-order valence-electron chi connectivity index (χ4n) is 2.49. The Labute approximate surface area is 126 Å². The average Bonchev–Trinajstić information content (AvgIpc) is 2.46. The van der Waals surface area contributed by atoms with E-state index in [1.165, 1.54) is 6.07 Å². The van der Waals surface area contributed by atoms with Gasteiger partial charge in [0.25, 0.3) is 0 Å². The van der Waals surface area contributed by atoms with Gasteiger partial charge in [-0.05, 0) is 25.1 Å². The zero-order chi connectivity index (χ0) is 15.5. The van der Waals surface area contributed by atoms with Crippen molar-refractivity contribution in [1.29, 1.82) is 5.41 Å². The summed E-state index contributed by atoms with van der Waals surface area (Å²) in [5, 5.41) is 7.59. The molecule has 21 heavy (non-hydrogen) atoms. The molecule has 3 N–H and O–H groups in total. The first-order valence-corrected chi connectivity index (χ1v) is 7.46. The number of anilines is 1. The molecule has 0 aliphatic carbocycles. The van der Waals surface area contributed by atoms with Crippen molar-refractivity contribution in [3.05, 3.63) is 30.1 Å². The molecule has 4 nitrogen and oxygen atoms in total. The first-order chi connectivity index (χ1) is 9.90. The second kappa shape index (κ2) is 6.43. The van der Waals surface area contributed by atoms with Crippen LogP contribution in [0.3, 0.4) is 0 Å². The fourth-order valence-corrected chi connectivity index (χ4v) is 2.49. The summed E-state index contributed by atoms with van der Waals surface area (Å²) in [5.74, 6) is 0.0937. The van der Waals surface area contributed by atoms with E-state index in [4.69, 9.17) is 11.1 Å². The molecule has 5 heteroatoms. The number of rotatable bonds is 5. The molecular weight excluding hydrogens is 267 g/mol. The second-order valence-electron chi connectivity index (χ2n) is 6.33. The predicted octanol–water partition coefficient (Wildman–Crippen LogP) is 2.30. The number of halogens is 1. The SMILES string of the molecule is CC(C)(CCN1CCN(c2ccccc2F)CC1)C(=N)N. The number of hydrogen-bond donors (Lipinski definition) is 2. The maximum absolute atomic E-state index is 13.8. The van der Waals surface area contributed by atoms with Crippen molar-refractivity contribution in [3.63, 3.8) is 0 Å². The van der Waals surface area contributed by atoms with Crippen molar-refractivity contribution >= 4 is 11.5 Å². The molecule has 1 aliphatic heterocycles. The number of nitrogens with two attached hydrogens (primary N) is 1. The minimum Gasteiger partial charge on any atom is -0.387 e. The fraction of sp³-hybridized carbons (Fsp3) is 0.562. The number of amidine groups is 1. The van der Waals surface area contributed by atoms with Crippen LogP contribution in [0, 0.1) is 16.6 Å². The van der Waals surface area contributed by atoms with Gasteiger partial charge in [-0.1, -0.05) is 26.0 Å². The molecule has 2 rings (SSSR count). The molecule has 1 saturated heterocycles. The van der Waals surface area contributed by atoms with Gasteiger partial charge in [-0.2, -0.15) is 0 Å². The smallest absolute Gasteiger partial charge is 0.146 e. The highest BCUT2D eigenvalue weighted by Gasteiger charge is 2.24. The zero-order valence-electron chi connectivity index (χ0n) is 12.9. The third kappa shape index (κ3) is 3.94. The third-order valence-electron chi connectivity index (χ3n) is 4.35. The van der Waals surface area contributed by atoms with Crippen LogP contribution in [0.4, 0.5) is 10.1 Å². The van der Waals surface area contributed by atoms with E-state index in [2.05, 4.69) is 9.80 Å². The van der Waals surface area contributed by atoms with Gasteiger partial charge in [-0.3, -0.25) is 10.3 Å². The second-order valence-corrected chi connectivity index (χ2v) is 6.33. The molecule has 1 heterocycles. The molecule has 0 radical (unpaired) electrons. The van der Waals surface area contributed by atoms with E-state index in [9.17, 15) is 4.39 Å². The lowest BCUT2D eigenvalue weighted by Gasteiger charge is -2.37. The Bertz CT molecular complexity index is 493. The van der Waals surface area contributed by atoms with Crippen LogP contribution in [0.15, 0.2) is 24.3 Å². The summed E-state index contributed by atoms with van der Waals surface area (Å²) in [5.41, 5.74) is 6.06. The summed E-state index contributed by atoms with van der Waals surface area (Å²) >= 11 is 0. The van der Waals surface area contributed by atoms with Gasteiger partial charge >= 0.3 is 0 Å². The number of piperazine rings is 1. The minimum atomic E-state index is -0.247. The Kier molecular flexibility index (Phi) is 4.83. The molecule has 0 spiro atoms. The monoisotopic (exact) mass is 292 g/mol. The lowest BCUT2D eigenvalue weighted by Crippen LogP contribution is -2.48. The van der Waals surface area contributed by atoms with Gasteiger partial charge in [0, 0.05) is 31.6 Å². The first-order valence-electron chi connectivity index (χ1n) is 7.46. The van der Waals surface area contributed by atoms with Crippen LogP contribution < -0.4 is 10.6 Å². The minimum absolute atomic E-state index is 0.149. The van der Waals surface area contributed by atoms with Gasteiger partial charge in [0.05, 0.1) is 11.5 Å². The highest BCUT2D eigenvalue weighted by Crippen LogP contribution is 2.22. The van der Waals surface area contributed by atoms with Gasteiger partial charge < -0.3 is 10.6 Å². The van der Waals surface area contributed by atoms with Gasteiger partial charge in [0.2, 0.25) is 0 Å². The summed E-state index contributed by atoms with van der Waals surface area (Å²) in [6.07, 6.45) is 0.877. The van der Waals surface area contributed by atoms with Crippen LogP contribution in [-0.2, 0) is 0 Å². The van der Waals surface area contributed by atoms with Crippen molar-refractivity contribution in [2.24, 2.45) is 11.1 Å². The lowest BCUT2D eigenvalue weighted by molar-refractivity contribution is 0.232. The van der Waals surface area contributed by atoms with Crippen LogP contribution in [0.2, 0.25) is 0 Å². The standard InChI is InChI=1S/C16H25FN4/c1-16(2,15(18)19)7-8-20-9-11-21(12-10-20)14-6-4-3-5-13(14)17/h3-6H,7-12H2,1-2H3,(H3,18,19). The first kappa shape index (κ1) is 15.8. The molecule has 0 saturated carbocycles. The molecule has 1 aliphatic rings. The Balaban J connectivity index is 1.84. The maximum atomic E-state index is 13.8. The molecule has 0 atom stereocenters. The van der Waals surface area contributed by atoms with Crippen molar-refractivity contribution in [1.82, 2.24) is 4.90 Å². The van der Waals surface area contributed by atoms with Crippen molar-refractivity contribution in [3.8, 4) is 0 Å². The maximum Gasteiger partial charge on any atom is 0.146 e. The van der Waals surface area contributed by atoms with Gasteiger partial charge in [0.15, 0.2) is 0 Å². The largest absolute Gasteiger partial charge is 0.387 e. The van der Waals surface area contributed by atoms with E-state index < -0.39 is 0 Å². The normalized spacial score (nSPS) is 17.0. The summed E-state index contributed by atoms with van der Waals surface area (Å²) in [6, 6.07) is 6.94. The topological polar surface area (TPSA) is 56.4 Å². The van der Waals surface area contributed by atoms with E-state index >= 15 is 0 Å². The summed E-state index contributed by atoms with van der Waals surface area (Å²) in [6.45, 7) is 8.45. The van der Waals surface area contributed by atoms with Gasteiger partial charge in [0.1, 0.15) is 5.82 Å². The highest BCUT2D eigenvalue weighted by molar-refractivity contribution is 5.82. The number of para-hydroxylation sites is 1. The zero-order valence-corrected chi connectivity index (χ0v) is 12.9. The number of nitrogens with one attached hydrogen (secondary N) is 1. The summed E-state index contributed by atoms with van der Waals surface area (Å²) < 4.78 is 13.8. The molecule has 1 fully saturated rings. The van der Waals surface area contributed by atoms with Crippen molar-refractivity contribution in [2.75, 3.05) is 37.6 Å². The van der Waals surface area contributed by atoms with Crippen LogP contribution in [0.25, 0.3) is 0 Å². The Morgan fingerprint density at radius 3 is 2.43 bits per heavy atom. The summed E-state index contributed by atoms with van der Waals surface area (Å²) in [7, 11) is 0. The molecule has 0 aromatic heterocycles. The highest BCUT2D eigenvalue weighted by atomic mass is 19.1. The number of benzene rings is 1. The van der Waals surface area contributed by atoms with E-state index in [1.54, 1.807) is 6.07 Å². The average molecular weight is 292 g/mol. The van der Waals surface area contributed by atoms with Gasteiger partial charge in [-0.25, -0.2) is 4.39 Å². The molecular formula is C16H25FN4. The third-order valence-corrected chi connectivity index (χ3v) is 4.35. The molecule has 116 valence electrons. The molecule has 0 amide bonds. The Morgan fingerprint density at radius 1 is 1.24 bits per heavy atom. The molecule has 1 aromatic rings. The van der Waals surface area contributed by atoms with Crippen LogP contribution in [0.5, 0.6) is 0 Å². The van der Waals surface area contributed by atoms with E-state index in [-0.39, 0.29) is 17.1 Å². The Hall–Kier alpha value is -1.62. The number of nitrogens with zero attached hydrogens (tertiary/aromatic N) is 2. The lowest BCUT2D eigenvalue weighted by atomic mass is 9.88. The van der Waals surface area contributed by atoms with E-state index in [0.29, 0.717) is 5.69 Å². The van der Waals surface area contributed by atoms with Crippen LogP contribution in [0.1, 0.15) is 20.3 Å².